The van der Waals surface area contributed by atoms with Crippen molar-refractivity contribution in [2.24, 2.45) is 0 Å². The lowest BCUT2D eigenvalue weighted by atomic mass is 9.78. The average Bonchev–Trinajstić information content (AvgIpc) is 2.75. The summed E-state index contributed by atoms with van der Waals surface area (Å²) in [6.45, 7) is 1.88. The molecule has 0 radical (unpaired) electrons. The number of benzene rings is 2. The molecule has 0 aliphatic rings. The van der Waals surface area contributed by atoms with Gasteiger partial charge in [-0.1, -0.05) is 11.6 Å². The fraction of sp³-hybridized carbons (Fsp3) is 0.0714. The molecule has 0 saturated heterocycles. The smallest absolute Gasteiger partial charge is 0.456 e. The standard InChI is InChI=1S/C14H10BNO3/c1-8-4-11-10-3-2-9(7-16)6-13(10)19-14(11)12(5-8)15(17)18/h2-6,17-18H,1H3. The molecule has 0 amide bonds. The SMILES string of the molecule is Cc1cc(B(O)O)c2oc3cc(C#N)ccc3c2c1. The van der Waals surface area contributed by atoms with Crippen LogP contribution in [0.5, 0.6) is 0 Å². The van der Waals surface area contributed by atoms with E-state index in [4.69, 9.17) is 9.68 Å². The molecule has 2 N–H and O–H groups in total. The lowest BCUT2D eigenvalue weighted by Crippen LogP contribution is -2.30. The number of furan rings is 1. The summed E-state index contributed by atoms with van der Waals surface area (Å²) in [5.41, 5.74) is 2.79. The lowest BCUT2D eigenvalue weighted by Gasteiger charge is -2.02. The molecule has 2 aromatic carbocycles. The summed E-state index contributed by atoms with van der Waals surface area (Å²) in [4.78, 5) is 0. The second-order valence-electron chi connectivity index (χ2n) is 4.53. The minimum absolute atomic E-state index is 0.338. The van der Waals surface area contributed by atoms with Gasteiger partial charge in [0.15, 0.2) is 0 Å². The van der Waals surface area contributed by atoms with E-state index in [9.17, 15) is 10.0 Å². The Morgan fingerprint density at radius 1 is 1.16 bits per heavy atom. The molecule has 92 valence electrons. The number of aryl methyl sites for hydroxylation is 1. The van der Waals surface area contributed by atoms with Gasteiger partial charge in [-0.3, -0.25) is 0 Å². The Bertz CT molecular complexity index is 830. The Hall–Kier alpha value is -2.29. The van der Waals surface area contributed by atoms with Gasteiger partial charge in [-0.15, -0.1) is 0 Å². The van der Waals surface area contributed by atoms with Crippen LogP contribution in [0.2, 0.25) is 0 Å². The van der Waals surface area contributed by atoms with Crippen LogP contribution in [-0.2, 0) is 0 Å². The van der Waals surface area contributed by atoms with Crippen molar-refractivity contribution < 1.29 is 14.5 Å². The summed E-state index contributed by atoms with van der Waals surface area (Å²) in [5, 5.41) is 29.4. The largest absolute Gasteiger partial charge is 0.492 e. The summed E-state index contributed by atoms with van der Waals surface area (Å²) in [6.07, 6.45) is 0. The van der Waals surface area contributed by atoms with E-state index in [1.54, 1.807) is 18.2 Å². The lowest BCUT2D eigenvalue weighted by molar-refractivity contribution is 0.425. The van der Waals surface area contributed by atoms with Crippen molar-refractivity contribution in [3.05, 3.63) is 41.5 Å². The van der Waals surface area contributed by atoms with Gasteiger partial charge in [0.25, 0.3) is 0 Å². The van der Waals surface area contributed by atoms with E-state index in [2.05, 4.69) is 6.07 Å². The van der Waals surface area contributed by atoms with Crippen LogP contribution in [-0.4, -0.2) is 17.2 Å². The van der Waals surface area contributed by atoms with Crippen molar-refractivity contribution in [3.8, 4) is 6.07 Å². The third kappa shape index (κ3) is 1.78. The van der Waals surface area contributed by atoms with Crippen molar-refractivity contribution >= 4 is 34.5 Å². The molecule has 0 aliphatic carbocycles. The van der Waals surface area contributed by atoms with Crippen molar-refractivity contribution in [1.29, 1.82) is 5.26 Å². The molecule has 5 heteroatoms. The van der Waals surface area contributed by atoms with Gasteiger partial charge < -0.3 is 14.5 Å². The van der Waals surface area contributed by atoms with E-state index < -0.39 is 7.12 Å². The van der Waals surface area contributed by atoms with Gasteiger partial charge in [-0.25, -0.2) is 0 Å². The monoisotopic (exact) mass is 251 g/mol. The molecule has 0 saturated carbocycles. The first-order valence-electron chi connectivity index (χ1n) is 5.83. The van der Waals surface area contributed by atoms with Gasteiger partial charge in [0, 0.05) is 16.2 Å². The highest BCUT2D eigenvalue weighted by Gasteiger charge is 2.20. The third-order valence-corrected chi connectivity index (χ3v) is 3.15. The molecule has 0 fully saturated rings. The number of hydrogen-bond donors (Lipinski definition) is 2. The molecule has 0 spiro atoms. The number of fused-ring (bicyclic) bond motifs is 3. The van der Waals surface area contributed by atoms with Gasteiger partial charge in [0.1, 0.15) is 11.2 Å². The predicted octanol–water partition coefficient (Wildman–Crippen LogP) is 1.45. The van der Waals surface area contributed by atoms with Crippen LogP contribution in [0.4, 0.5) is 0 Å². The topological polar surface area (TPSA) is 77.4 Å². The summed E-state index contributed by atoms with van der Waals surface area (Å²) in [6, 6.07) is 10.8. The van der Waals surface area contributed by atoms with Crippen LogP contribution in [0.15, 0.2) is 34.7 Å². The van der Waals surface area contributed by atoms with Crippen molar-refractivity contribution in [3.63, 3.8) is 0 Å². The summed E-state index contributed by atoms with van der Waals surface area (Å²) in [5.74, 6) is 0. The maximum Gasteiger partial charge on any atom is 0.492 e. The van der Waals surface area contributed by atoms with E-state index in [0.717, 1.165) is 16.3 Å². The number of rotatable bonds is 1. The quantitative estimate of drug-likeness (QED) is 0.641. The highest BCUT2D eigenvalue weighted by molar-refractivity contribution is 6.61. The fourth-order valence-electron chi connectivity index (χ4n) is 2.32. The minimum Gasteiger partial charge on any atom is -0.456 e. The van der Waals surface area contributed by atoms with Crippen LogP contribution in [0.3, 0.4) is 0 Å². The molecule has 0 unspecified atom stereocenters. The number of nitrogens with zero attached hydrogens (tertiary/aromatic N) is 1. The Morgan fingerprint density at radius 2 is 1.95 bits per heavy atom. The van der Waals surface area contributed by atoms with Crippen LogP contribution < -0.4 is 5.46 Å². The molecule has 4 nitrogen and oxygen atoms in total. The first kappa shape index (κ1) is 11.8. The summed E-state index contributed by atoms with van der Waals surface area (Å²) < 4.78 is 5.67. The highest BCUT2D eigenvalue weighted by Crippen LogP contribution is 2.29. The normalized spacial score (nSPS) is 10.8. The minimum atomic E-state index is -1.58. The van der Waals surface area contributed by atoms with Gasteiger partial charge in [0.2, 0.25) is 0 Å². The molecule has 1 heterocycles. The second-order valence-corrected chi connectivity index (χ2v) is 4.53. The van der Waals surface area contributed by atoms with E-state index in [1.165, 1.54) is 0 Å². The first-order chi connectivity index (χ1) is 9.10. The molecule has 0 atom stereocenters. The zero-order valence-corrected chi connectivity index (χ0v) is 10.2. The zero-order chi connectivity index (χ0) is 13.6. The maximum absolute atomic E-state index is 9.42. The first-order valence-corrected chi connectivity index (χ1v) is 5.83. The third-order valence-electron chi connectivity index (χ3n) is 3.15. The van der Waals surface area contributed by atoms with Gasteiger partial charge >= 0.3 is 7.12 Å². The average molecular weight is 251 g/mol. The van der Waals surface area contributed by atoms with Gasteiger partial charge in [-0.2, -0.15) is 5.26 Å². The molecular weight excluding hydrogens is 241 g/mol. The molecule has 0 aliphatic heterocycles. The molecule has 1 aromatic heterocycles. The predicted molar refractivity (Wildman–Crippen MR) is 73.0 cm³/mol. The van der Waals surface area contributed by atoms with E-state index in [-0.39, 0.29) is 0 Å². The maximum atomic E-state index is 9.42. The Morgan fingerprint density at radius 3 is 2.63 bits per heavy atom. The van der Waals surface area contributed by atoms with E-state index in [0.29, 0.717) is 22.2 Å². The van der Waals surface area contributed by atoms with Gasteiger partial charge in [0.05, 0.1) is 11.6 Å². The van der Waals surface area contributed by atoms with Crippen molar-refractivity contribution in [2.45, 2.75) is 6.92 Å². The fourth-order valence-corrected chi connectivity index (χ4v) is 2.32. The van der Waals surface area contributed by atoms with E-state index >= 15 is 0 Å². The number of nitriles is 1. The Balaban J connectivity index is 2.46. The molecule has 19 heavy (non-hydrogen) atoms. The van der Waals surface area contributed by atoms with Crippen molar-refractivity contribution in [1.82, 2.24) is 0 Å². The van der Waals surface area contributed by atoms with E-state index in [1.807, 2.05) is 19.1 Å². The second kappa shape index (κ2) is 4.13. The molecule has 3 rings (SSSR count). The van der Waals surface area contributed by atoms with Gasteiger partial charge in [-0.05, 0) is 31.2 Å². The summed E-state index contributed by atoms with van der Waals surface area (Å²) in [7, 11) is -1.58. The molecule has 0 bridgehead atoms. The number of hydrogen-bond acceptors (Lipinski definition) is 4. The Kier molecular flexibility index (Phi) is 2.56. The highest BCUT2D eigenvalue weighted by atomic mass is 16.4. The zero-order valence-electron chi connectivity index (χ0n) is 10.2. The molecular formula is C14H10BNO3. The van der Waals surface area contributed by atoms with Crippen molar-refractivity contribution in [2.75, 3.05) is 0 Å². The van der Waals surface area contributed by atoms with Crippen LogP contribution in [0, 0.1) is 18.3 Å². The Labute approximate surface area is 109 Å². The van der Waals surface area contributed by atoms with Crippen LogP contribution in [0.25, 0.3) is 21.9 Å². The summed E-state index contributed by atoms with van der Waals surface area (Å²) >= 11 is 0. The molecule has 3 aromatic rings. The van der Waals surface area contributed by atoms with Crippen LogP contribution >= 0.6 is 0 Å². The van der Waals surface area contributed by atoms with Crippen LogP contribution in [0.1, 0.15) is 11.1 Å².